The molecule has 2 aromatic rings. The van der Waals surface area contributed by atoms with Crippen molar-refractivity contribution in [3.63, 3.8) is 0 Å². The Balaban J connectivity index is 2.53. The average molecular weight is 502 g/mol. The Hall–Kier alpha value is -0.840. The summed E-state index contributed by atoms with van der Waals surface area (Å²) in [6.45, 7) is 3.07. The average Bonchev–Trinajstić information content (AvgIpc) is 2.75. The van der Waals surface area contributed by atoms with E-state index in [1.165, 1.54) is 24.7 Å². The molecule has 0 radical (unpaired) electrons. The second kappa shape index (κ2) is 7.19. The number of rotatable bonds is 4. The van der Waals surface area contributed by atoms with Gasteiger partial charge in [-0.15, -0.1) is 0 Å². The Morgan fingerprint density at radius 2 is 2.00 bits per heavy atom. The minimum Gasteiger partial charge on any atom is -0.268 e. The Morgan fingerprint density at radius 3 is 2.46 bits per heavy atom. The van der Waals surface area contributed by atoms with Gasteiger partial charge in [0.2, 0.25) is 0 Å². The largest absolute Gasteiger partial charge is 0.271 e. The van der Waals surface area contributed by atoms with Crippen molar-refractivity contribution in [3.8, 4) is 0 Å². The monoisotopic (exact) mass is 501 g/mol. The van der Waals surface area contributed by atoms with E-state index in [1.807, 2.05) is 22.6 Å². The predicted molar refractivity (Wildman–Crippen MR) is 101 cm³/mol. The summed E-state index contributed by atoms with van der Waals surface area (Å²) in [7, 11) is -2.59. The number of amides is 1. The molecular weight excluding hydrogens is 488 g/mol. The highest BCUT2D eigenvalue weighted by Crippen LogP contribution is 2.29. The van der Waals surface area contributed by atoms with Crippen LogP contribution in [0.2, 0.25) is 10.2 Å². The van der Waals surface area contributed by atoms with Gasteiger partial charge in [-0.1, -0.05) is 23.2 Å². The molecule has 0 N–H and O–H groups in total. The summed E-state index contributed by atoms with van der Waals surface area (Å²) >= 11 is 14.0. The molecule has 0 spiro atoms. The van der Waals surface area contributed by atoms with E-state index in [-0.39, 0.29) is 27.9 Å². The summed E-state index contributed by atoms with van der Waals surface area (Å²) in [6, 6.07) is 4.59. The van der Waals surface area contributed by atoms with E-state index >= 15 is 0 Å². The van der Waals surface area contributed by atoms with E-state index < -0.39 is 15.9 Å². The van der Waals surface area contributed by atoms with E-state index in [4.69, 9.17) is 23.2 Å². The van der Waals surface area contributed by atoms with Crippen LogP contribution in [0.25, 0.3) is 0 Å². The molecule has 10 heteroatoms. The predicted octanol–water partition coefficient (Wildman–Crippen LogP) is 3.49. The minimum absolute atomic E-state index is 0.0367. The van der Waals surface area contributed by atoms with Crippen LogP contribution in [0.4, 0.5) is 0 Å². The van der Waals surface area contributed by atoms with Crippen molar-refractivity contribution in [2.75, 3.05) is 6.54 Å². The van der Waals surface area contributed by atoms with Gasteiger partial charge in [-0.25, -0.2) is 12.7 Å². The summed E-state index contributed by atoms with van der Waals surface area (Å²) in [6.07, 6.45) is 0. The third-order valence-electron chi connectivity index (χ3n) is 3.33. The van der Waals surface area contributed by atoms with Gasteiger partial charge < -0.3 is 0 Å². The highest BCUT2D eigenvalue weighted by atomic mass is 127. The van der Waals surface area contributed by atoms with Crippen molar-refractivity contribution in [1.82, 2.24) is 14.1 Å². The summed E-state index contributed by atoms with van der Waals surface area (Å²) in [5, 5.41) is 4.45. The summed E-state index contributed by atoms with van der Waals surface area (Å²) in [5.74, 6) is -0.647. The highest BCUT2D eigenvalue weighted by molar-refractivity contribution is 14.1. The first kappa shape index (κ1) is 19.5. The summed E-state index contributed by atoms with van der Waals surface area (Å²) < 4.78 is 28.5. The Bertz CT molecular complexity index is 912. The molecule has 0 saturated carbocycles. The topological polar surface area (TPSA) is 72.3 Å². The lowest BCUT2D eigenvalue weighted by molar-refractivity contribution is 0.0866. The lowest BCUT2D eigenvalue weighted by Gasteiger charge is -2.21. The molecule has 1 aromatic heterocycles. The van der Waals surface area contributed by atoms with Crippen molar-refractivity contribution in [2.45, 2.75) is 18.7 Å². The lowest BCUT2D eigenvalue weighted by Crippen LogP contribution is -2.37. The molecule has 0 saturated heterocycles. The van der Waals surface area contributed by atoms with E-state index in [2.05, 4.69) is 5.10 Å². The smallest absolute Gasteiger partial charge is 0.268 e. The molecule has 0 atom stereocenters. The van der Waals surface area contributed by atoms with E-state index in [0.29, 0.717) is 8.59 Å². The third kappa shape index (κ3) is 3.42. The number of hydrogen-bond acceptors (Lipinski definition) is 4. The number of sulfonamides is 1. The van der Waals surface area contributed by atoms with E-state index in [1.54, 1.807) is 19.1 Å². The molecule has 2 rings (SSSR count). The number of carbonyl (C=O) groups is 1. The van der Waals surface area contributed by atoms with Crippen LogP contribution < -0.4 is 0 Å². The molecule has 0 aliphatic rings. The second-order valence-electron chi connectivity index (χ2n) is 4.93. The number of nitrogens with zero attached hydrogens (tertiary/aromatic N) is 3. The van der Waals surface area contributed by atoms with Gasteiger partial charge in [-0.05, 0) is 54.6 Å². The molecule has 0 fully saturated rings. The number of hydrogen-bond donors (Lipinski definition) is 0. The lowest BCUT2D eigenvalue weighted by atomic mass is 10.2. The van der Waals surface area contributed by atoms with Crippen molar-refractivity contribution < 1.29 is 13.2 Å². The molecule has 6 nitrogen and oxygen atoms in total. The standard InChI is InChI=1S/C14H14Cl2IN3O3S/c1-4-20(14(21)9-5-6-10(15)11(17)7-9)24(22,23)12-8(2)18-19(3)13(12)16/h5-7H,4H2,1-3H3. The van der Waals surface area contributed by atoms with Crippen LogP contribution in [-0.2, 0) is 17.1 Å². The molecule has 1 heterocycles. The Labute approximate surface area is 163 Å². The number of aromatic nitrogens is 2. The van der Waals surface area contributed by atoms with Crippen LogP contribution in [0.3, 0.4) is 0 Å². The molecule has 130 valence electrons. The summed E-state index contributed by atoms with van der Waals surface area (Å²) in [5.41, 5.74) is 0.464. The molecule has 0 aliphatic heterocycles. The SMILES string of the molecule is CCN(C(=O)c1ccc(Cl)c(I)c1)S(=O)(=O)c1c(C)nn(C)c1Cl. The number of carbonyl (C=O) groups excluding carboxylic acids is 1. The number of aryl methyl sites for hydroxylation is 2. The maximum Gasteiger partial charge on any atom is 0.271 e. The van der Waals surface area contributed by atoms with Crippen molar-refractivity contribution >= 4 is 61.7 Å². The molecule has 1 aromatic carbocycles. The van der Waals surface area contributed by atoms with E-state index in [0.717, 1.165) is 4.31 Å². The normalized spacial score (nSPS) is 11.6. The zero-order valence-electron chi connectivity index (χ0n) is 13.0. The number of benzene rings is 1. The molecule has 0 aliphatic carbocycles. The van der Waals surface area contributed by atoms with Crippen molar-refractivity contribution in [1.29, 1.82) is 0 Å². The Morgan fingerprint density at radius 1 is 1.38 bits per heavy atom. The zero-order chi connectivity index (χ0) is 18.2. The fourth-order valence-electron chi connectivity index (χ4n) is 2.21. The van der Waals surface area contributed by atoms with Gasteiger partial charge in [0.05, 0.1) is 10.7 Å². The van der Waals surface area contributed by atoms with E-state index in [9.17, 15) is 13.2 Å². The van der Waals surface area contributed by atoms with Gasteiger partial charge in [0, 0.05) is 22.7 Å². The molecule has 0 unspecified atom stereocenters. The zero-order valence-corrected chi connectivity index (χ0v) is 17.5. The van der Waals surface area contributed by atoms with Crippen LogP contribution >= 0.6 is 45.8 Å². The first-order valence-corrected chi connectivity index (χ1v) is 10.1. The first-order chi connectivity index (χ1) is 11.1. The van der Waals surface area contributed by atoms with Crippen LogP contribution in [0.1, 0.15) is 23.0 Å². The minimum atomic E-state index is -4.13. The van der Waals surface area contributed by atoms with Gasteiger partial charge in [0.25, 0.3) is 15.9 Å². The first-order valence-electron chi connectivity index (χ1n) is 6.82. The second-order valence-corrected chi connectivity index (χ2v) is 8.66. The Kier molecular flexibility index (Phi) is 5.83. The quantitative estimate of drug-likeness (QED) is 0.601. The van der Waals surface area contributed by atoms with Crippen LogP contribution in [0.5, 0.6) is 0 Å². The van der Waals surface area contributed by atoms with Gasteiger partial charge in [0.15, 0.2) is 0 Å². The fraction of sp³-hybridized carbons (Fsp3) is 0.286. The van der Waals surface area contributed by atoms with Gasteiger partial charge >= 0.3 is 0 Å². The number of halogens is 3. The van der Waals surface area contributed by atoms with Gasteiger partial charge in [0.1, 0.15) is 10.0 Å². The molecule has 1 amide bonds. The van der Waals surface area contributed by atoms with Crippen molar-refractivity contribution in [3.05, 3.63) is 43.2 Å². The van der Waals surface area contributed by atoms with Gasteiger partial charge in [-0.2, -0.15) is 5.10 Å². The maximum absolute atomic E-state index is 12.9. The maximum atomic E-state index is 12.9. The third-order valence-corrected chi connectivity index (χ3v) is 7.42. The van der Waals surface area contributed by atoms with Crippen LogP contribution in [0, 0.1) is 10.5 Å². The van der Waals surface area contributed by atoms with Gasteiger partial charge in [-0.3, -0.25) is 9.48 Å². The highest BCUT2D eigenvalue weighted by Gasteiger charge is 2.34. The summed E-state index contributed by atoms with van der Waals surface area (Å²) in [4.78, 5) is 12.6. The molecular formula is C14H14Cl2IN3O3S. The van der Waals surface area contributed by atoms with Crippen molar-refractivity contribution in [2.24, 2.45) is 7.05 Å². The fourth-order valence-corrected chi connectivity index (χ4v) is 4.95. The molecule has 24 heavy (non-hydrogen) atoms. The van der Waals surface area contributed by atoms with Crippen LogP contribution in [0.15, 0.2) is 23.1 Å². The molecule has 0 bridgehead atoms. The van der Waals surface area contributed by atoms with Crippen LogP contribution in [-0.4, -0.2) is 35.0 Å².